The molecule has 2 heterocycles. The van der Waals surface area contributed by atoms with Crippen molar-refractivity contribution in [3.8, 4) is 0 Å². The number of carbonyl (C=O) groups is 2. The Kier molecular flexibility index (Phi) is 3.95. The molecular formula is C29H23N3O2. The number of para-hydroxylation sites is 1. The molecule has 166 valence electrons. The standard InChI is InChI=1S/C29H23N3O2/c1-31-16-17(18-8-6-7-13-23(18)31)14-15-30-32-28(33)26-24-19-9-2-3-10-20(19)25(27(26)29(32)34)22-12-5-4-11-21(22)24/h2-16,24-27,30H,1H3/b15-14+/t24?,25?,26-,27-/m1/s1. The SMILES string of the molecule is Cn1cc(/C=C/NN2C(=O)[C@@H]3C4c5ccccc5C(c5ccccc54)[C@H]3C2=O)c2ccccc21. The molecule has 34 heavy (non-hydrogen) atoms. The highest BCUT2D eigenvalue weighted by atomic mass is 16.2. The minimum absolute atomic E-state index is 0.0901. The van der Waals surface area contributed by atoms with E-state index in [1.54, 1.807) is 6.20 Å². The third-order valence-corrected chi connectivity index (χ3v) is 7.84. The number of imide groups is 1. The van der Waals surface area contributed by atoms with Crippen LogP contribution in [0.3, 0.4) is 0 Å². The first-order valence-corrected chi connectivity index (χ1v) is 11.7. The molecule has 1 fully saturated rings. The van der Waals surface area contributed by atoms with E-state index in [1.807, 2.05) is 55.7 Å². The Labute approximate surface area is 197 Å². The van der Waals surface area contributed by atoms with Gasteiger partial charge in [-0.25, -0.2) is 0 Å². The minimum atomic E-state index is -0.374. The van der Waals surface area contributed by atoms with Gasteiger partial charge in [0.05, 0.1) is 11.8 Å². The second-order valence-electron chi connectivity index (χ2n) is 9.45. The first-order chi connectivity index (χ1) is 16.6. The fraction of sp³-hybridized carbons (Fsp3) is 0.172. The molecule has 5 nitrogen and oxygen atoms in total. The van der Waals surface area contributed by atoms with Crippen LogP contribution in [0, 0.1) is 11.8 Å². The molecule has 2 bridgehead atoms. The molecule has 3 aliphatic carbocycles. The van der Waals surface area contributed by atoms with E-state index < -0.39 is 0 Å². The van der Waals surface area contributed by atoms with E-state index in [0.717, 1.165) is 16.5 Å². The number of aromatic nitrogens is 1. The topological polar surface area (TPSA) is 54.3 Å². The van der Waals surface area contributed by atoms with E-state index >= 15 is 0 Å². The monoisotopic (exact) mass is 445 g/mol. The van der Waals surface area contributed by atoms with Crippen LogP contribution in [0.15, 0.2) is 85.2 Å². The number of amides is 2. The van der Waals surface area contributed by atoms with Crippen LogP contribution < -0.4 is 5.43 Å². The summed E-state index contributed by atoms with van der Waals surface area (Å²) in [6.07, 6.45) is 5.67. The summed E-state index contributed by atoms with van der Waals surface area (Å²) in [6, 6.07) is 24.8. The summed E-state index contributed by atoms with van der Waals surface area (Å²) in [5.41, 5.74) is 9.92. The number of hydrazine groups is 1. The van der Waals surface area contributed by atoms with Crippen molar-refractivity contribution in [2.24, 2.45) is 18.9 Å². The quantitative estimate of drug-likeness (QED) is 0.471. The van der Waals surface area contributed by atoms with Gasteiger partial charge in [0.15, 0.2) is 0 Å². The summed E-state index contributed by atoms with van der Waals surface area (Å²) in [5.74, 6) is -1.21. The first kappa shape index (κ1) is 19.4. The lowest BCUT2D eigenvalue weighted by Crippen LogP contribution is -2.41. The predicted molar refractivity (Wildman–Crippen MR) is 130 cm³/mol. The molecule has 0 radical (unpaired) electrons. The average molecular weight is 446 g/mol. The Morgan fingerprint density at radius 1 is 0.735 bits per heavy atom. The molecular weight excluding hydrogens is 422 g/mol. The summed E-state index contributed by atoms with van der Waals surface area (Å²) >= 11 is 0. The van der Waals surface area contributed by atoms with Gasteiger partial charge in [-0.3, -0.25) is 15.0 Å². The Balaban J connectivity index is 1.25. The predicted octanol–water partition coefficient (Wildman–Crippen LogP) is 4.55. The molecule has 4 aromatic rings. The van der Waals surface area contributed by atoms with Gasteiger partial charge in [0, 0.05) is 47.7 Å². The van der Waals surface area contributed by atoms with E-state index in [0.29, 0.717) is 0 Å². The normalized spacial score (nSPS) is 24.6. The molecule has 5 heteroatoms. The van der Waals surface area contributed by atoms with Gasteiger partial charge in [-0.1, -0.05) is 66.7 Å². The molecule has 2 amide bonds. The molecule has 8 rings (SSSR count). The lowest BCUT2D eigenvalue weighted by Gasteiger charge is -2.45. The number of fused-ring (bicyclic) bond motifs is 1. The third kappa shape index (κ3) is 2.44. The third-order valence-electron chi connectivity index (χ3n) is 7.84. The summed E-state index contributed by atoms with van der Waals surface area (Å²) in [5, 5.41) is 2.37. The van der Waals surface area contributed by atoms with Crippen LogP contribution in [0.4, 0.5) is 0 Å². The molecule has 1 aromatic heterocycles. The Hall–Kier alpha value is -4.12. The van der Waals surface area contributed by atoms with E-state index in [2.05, 4.69) is 46.4 Å². The maximum Gasteiger partial charge on any atom is 0.253 e. The number of hydrogen-bond donors (Lipinski definition) is 1. The molecule has 1 saturated heterocycles. The lowest BCUT2D eigenvalue weighted by molar-refractivity contribution is -0.142. The highest BCUT2D eigenvalue weighted by Crippen LogP contribution is 2.60. The lowest BCUT2D eigenvalue weighted by atomic mass is 9.55. The van der Waals surface area contributed by atoms with Gasteiger partial charge < -0.3 is 4.57 Å². The molecule has 1 N–H and O–H groups in total. The number of carbonyl (C=O) groups excluding carboxylic acids is 2. The highest BCUT2D eigenvalue weighted by molar-refractivity contribution is 6.07. The van der Waals surface area contributed by atoms with Crippen molar-refractivity contribution in [3.63, 3.8) is 0 Å². The fourth-order valence-electron chi connectivity index (χ4n) is 6.51. The number of hydrogen-bond acceptors (Lipinski definition) is 3. The largest absolute Gasteiger partial charge is 0.350 e. The Bertz CT molecular complexity index is 1420. The van der Waals surface area contributed by atoms with Gasteiger partial charge in [0.2, 0.25) is 0 Å². The number of nitrogens with one attached hydrogen (secondary N) is 1. The number of rotatable bonds is 3. The number of nitrogens with zero attached hydrogens (tertiary/aromatic N) is 2. The van der Waals surface area contributed by atoms with Crippen LogP contribution in [0.25, 0.3) is 17.0 Å². The van der Waals surface area contributed by atoms with Crippen molar-refractivity contribution in [1.82, 2.24) is 15.0 Å². The van der Waals surface area contributed by atoms with Gasteiger partial charge in [-0.15, -0.1) is 0 Å². The highest BCUT2D eigenvalue weighted by Gasteiger charge is 2.61. The smallest absolute Gasteiger partial charge is 0.253 e. The van der Waals surface area contributed by atoms with Crippen LogP contribution >= 0.6 is 0 Å². The molecule has 4 aliphatic rings. The van der Waals surface area contributed by atoms with Gasteiger partial charge >= 0.3 is 0 Å². The zero-order valence-electron chi connectivity index (χ0n) is 18.7. The second-order valence-corrected chi connectivity index (χ2v) is 9.45. The van der Waals surface area contributed by atoms with E-state index in [1.165, 1.54) is 27.3 Å². The van der Waals surface area contributed by atoms with Crippen LogP contribution in [-0.4, -0.2) is 21.4 Å². The van der Waals surface area contributed by atoms with Gasteiger partial charge in [0.25, 0.3) is 11.8 Å². The molecule has 1 aliphatic heterocycles. The summed E-state index contributed by atoms with van der Waals surface area (Å²) in [4.78, 5) is 27.2. The van der Waals surface area contributed by atoms with Crippen molar-refractivity contribution in [1.29, 1.82) is 0 Å². The molecule has 0 saturated carbocycles. The Morgan fingerprint density at radius 3 is 1.79 bits per heavy atom. The van der Waals surface area contributed by atoms with Crippen molar-refractivity contribution in [3.05, 3.63) is 113 Å². The van der Waals surface area contributed by atoms with E-state index in [9.17, 15) is 9.59 Å². The van der Waals surface area contributed by atoms with Crippen LogP contribution in [-0.2, 0) is 16.6 Å². The maximum atomic E-state index is 13.6. The number of benzene rings is 3. The first-order valence-electron chi connectivity index (χ1n) is 11.7. The van der Waals surface area contributed by atoms with Gasteiger partial charge in [-0.05, 0) is 34.4 Å². The van der Waals surface area contributed by atoms with Crippen LogP contribution in [0.2, 0.25) is 0 Å². The summed E-state index contributed by atoms with van der Waals surface area (Å²) in [7, 11) is 2.01. The molecule has 2 atom stereocenters. The van der Waals surface area contributed by atoms with Crippen molar-refractivity contribution in [2.45, 2.75) is 11.8 Å². The number of aryl methyl sites for hydroxylation is 1. The van der Waals surface area contributed by atoms with Crippen molar-refractivity contribution in [2.75, 3.05) is 0 Å². The summed E-state index contributed by atoms with van der Waals surface area (Å²) in [6.45, 7) is 0. The average Bonchev–Trinajstić information content (AvgIpc) is 3.33. The van der Waals surface area contributed by atoms with Crippen molar-refractivity contribution < 1.29 is 9.59 Å². The van der Waals surface area contributed by atoms with E-state index in [-0.39, 0.29) is 35.5 Å². The molecule has 0 unspecified atom stereocenters. The second kappa shape index (κ2) is 6.94. The maximum absolute atomic E-state index is 13.6. The van der Waals surface area contributed by atoms with Crippen LogP contribution in [0.1, 0.15) is 39.7 Å². The Morgan fingerprint density at radius 2 is 1.24 bits per heavy atom. The van der Waals surface area contributed by atoms with Gasteiger partial charge in [0.1, 0.15) is 0 Å². The zero-order valence-corrected chi connectivity index (χ0v) is 18.7. The molecule has 0 spiro atoms. The van der Waals surface area contributed by atoms with Crippen molar-refractivity contribution >= 4 is 28.8 Å². The fourth-order valence-corrected chi connectivity index (χ4v) is 6.51. The van der Waals surface area contributed by atoms with Gasteiger partial charge in [-0.2, -0.15) is 5.01 Å². The minimum Gasteiger partial charge on any atom is -0.350 e. The zero-order chi connectivity index (χ0) is 23.0. The van der Waals surface area contributed by atoms with Crippen LogP contribution in [0.5, 0.6) is 0 Å². The molecule has 3 aromatic carbocycles. The summed E-state index contributed by atoms with van der Waals surface area (Å²) < 4.78 is 2.07. The van der Waals surface area contributed by atoms with E-state index in [4.69, 9.17) is 0 Å².